The minimum Gasteiger partial charge on any atom is -0.406 e. The molecule has 3 rings (SSSR count). The molecular weight excluding hydrogens is 423 g/mol. The van der Waals surface area contributed by atoms with Gasteiger partial charge < -0.3 is 10.1 Å². The van der Waals surface area contributed by atoms with Crippen LogP contribution in [0.5, 0.6) is 5.75 Å². The quantitative estimate of drug-likeness (QED) is 0.356. The summed E-state index contributed by atoms with van der Waals surface area (Å²) in [5.74, 6) is -0.203. The van der Waals surface area contributed by atoms with Crippen LogP contribution < -0.4 is 10.1 Å². The van der Waals surface area contributed by atoms with Crippen LogP contribution in [0.3, 0.4) is 0 Å². The first kappa shape index (κ1) is 24.5. The lowest BCUT2D eigenvalue weighted by molar-refractivity contribution is -0.274. The van der Waals surface area contributed by atoms with E-state index in [4.69, 9.17) is 0 Å². The van der Waals surface area contributed by atoms with Gasteiger partial charge in [-0.1, -0.05) is 78.9 Å². The molecule has 0 unspecified atom stereocenters. The highest BCUT2D eigenvalue weighted by Crippen LogP contribution is 2.24. The minimum absolute atomic E-state index is 0. The van der Waals surface area contributed by atoms with Crippen LogP contribution in [0.1, 0.15) is 29.5 Å². The largest absolute Gasteiger partial charge is 0.573 e. The first-order valence-electron chi connectivity index (χ1n) is 9.88. The van der Waals surface area contributed by atoms with Crippen molar-refractivity contribution in [3.63, 3.8) is 0 Å². The molecule has 0 bridgehead atoms. The maximum Gasteiger partial charge on any atom is 0.573 e. The Bertz CT molecular complexity index is 885. The second kappa shape index (κ2) is 12.2. The number of allylic oxidation sites excluding steroid dienone is 1. The van der Waals surface area contributed by atoms with Gasteiger partial charge in [0.15, 0.2) is 0 Å². The van der Waals surface area contributed by atoms with Crippen LogP contribution in [0.15, 0.2) is 91.0 Å². The van der Waals surface area contributed by atoms with Gasteiger partial charge in [-0.2, -0.15) is 0 Å². The Balaban J connectivity index is 0.00000341. The van der Waals surface area contributed by atoms with Crippen LogP contribution in [-0.4, -0.2) is 12.9 Å². The maximum atomic E-state index is 12.2. The van der Waals surface area contributed by atoms with E-state index in [-0.39, 0.29) is 18.2 Å². The van der Waals surface area contributed by atoms with Crippen molar-refractivity contribution in [3.8, 4) is 5.75 Å². The molecule has 0 saturated heterocycles. The van der Waals surface area contributed by atoms with Gasteiger partial charge in [0, 0.05) is 6.54 Å². The van der Waals surface area contributed by atoms with E-state index in [0.29, 0.717) is 6.54 Å². The number of unbranched alkanes of at least 4 members (excludes halogenated alkanes) is 1. The summed E-state index contributed by atoms with van der Waals surface area (Å²) >= 11 is 0. The fourth-order valence-corrected chi connectivity index (χ4v) is 3.15. The smallest absolute Gasteiger partial charge is 0.406 e. The monoisotopic (exact) mass is 447 g/mol. The van der Waals surface area contributed by atoms with Crippen molar-refractivity contribution in [3.05, 3.63) is 108 Å². The molecule has 164 valence electrons. The van der Waals surface area contributed by atoms with E-state index in [1.165, 1.54) is 28.8 Å². The van der Waals surface area contributed by atoms with Gasteiger partial charge in [0.2, 0.25) is 0 Å². The van der Waals surface area contributed by atoms with Gasteiger partial charge in [0.1, 0.15) is 5.75 Å². The normalized spacial score (nSPS) is 10.8. The predicted octanol–water partition coefficient (Wildman–Crippen LogP) is 7.01. The van der Waals surface area contributed by atoms with E-state index in [2.05, 4.69) is 40.4 Å². The summed E-state index contributed by atoms with van der Waals surface area (Å²) in [6.45, 7) is 1.41. The van der Waals surface area contributed by atoms with Crippen LogP contribution >= 0.6 is 12.4 Å². The maximum absolute atomic E-state index is 12.2. The number of rotatable bonds is 9. The van der Waals surface area contributed by atoms with E-state index in [9.17, 15) is 13.2 Å². The topological polar surface area (TPSA) is 21.3 Å². The molecule has 0 atom stereocenters. The summed E-state index contributed by atoms with van der Waals surface area (Å²) in [6, 6.07) is 26.6. The lowest BCUT2D eigenvalue weighted by Crippen LogP contribution is -2.17. The van der Waals surface area contributed by atoms with Gasteiger partial charge in [0.05, 0.1) is 0 Å². The van der Waals surface area contributed by atoms with E-state index < -0.39 is 6.36 Å². The van der Waals surface area contributed by atoms with Gasteiger partial charge in [-0.3, -0.25) is 0 Å². The first-order chi connectivity index (χ1) is 14.5. The zero-order valence-electron chi connectivity index (χ0n) is 16.9. The van der Waals surface area contributed by atoms with Crippen molar-refractivity contribution in [2.45, 2.75) is 25.7 Å². The molecule has 31 heavy (non-hydrogen) atoms. The van der Waals surface area contributed by atoms with Crippen LogP contribution in [-0.2, 0) is 6.54 Å². The molecule has 2 nitrogen and oxygen atoms in total. The molecule has 1 N–H and O–H groups in total. The highest BCUT2D eigenvalue weighted by atomic mass is 35.5. The van der Waals surface area contributed by atoms with Crippen LogP contribution in [0.25, 0.3) is 5.57 Å². The number of ether oxygens (including phenoxy) is 1. The van der Waals surface area contributed by atoms with Gasteiger partial charge >= 0.3 is 6.36 Å². The first-order valence-corrected chi connectivity index (χ1v) is 9.88. The molecule has 0 amide bonds. The lowest BCUT2D eigenvalue weighted by Gasteiger charge is -2.10. The molecule has 0 spiro atoms. The lowest BCUT2D eigenvalue weighted by atomic mass is 9.96. The standard InChI is InChI=1S/C25H24F3NO.ClH/c26-25(27,28)30-23-16-14-20(15-17-23)19-29-18-8-7-13-24(21-9-3-1-4-10-21)22-11-5-2-6-12-22;/h1-6,9-17,29H,7-8,18-19H2;1H. The number of halogens is 4. The minimum atomic E-state index is -4.66. The fraction of sp³-hybridized carbons (Fsp3) is 0.200. The zero-order valence-corrected chi connectivity index (χ0v) is 17.8. The van der Waals surface area contributed by atoms with Gasteiger partial charge in [-0.05, 0) is 53.8 Å². The second-order valence-electron chi connectivity index (χ2n) is 6.86. The molecule has 0 saturated carbocycles. The predicted molar refractivity (Wildman–Crippen MR) is 121 cm³/mol. The Morgan fingerprint density at radius 1 is 0.806 bits per heavy atom. The molecule has 0 aliphatic rings. The molecule has 0 aliphatic carbocycles. The molecular formula is C25H25ClF3NO. The average molecular weight is 448 g/mol. The Morgan fingerprint density at radius 3 is 1.87 bits per heavy atom. The number of nitrogens with one attached hydrogen (secondary N) is 1. The Labute approximate surface area is 187 Å². The third-order valence-corrected chi connectivity index (χ3v) is 4.56. The molecule has 0 heterocycles. The second-order valence-corrected chi connectivity index (χ2v) is 6.86. The van der Waals surface area contributed by atoms with Crippen LogP contribution in [0.4, 0.5) is 13.2 Å². The molecule has 0 fully saturated rings. The van der Waals surface area contributed by atoms with Gasteiger partial charge in [-0.25, -0.2) is 0 Å². The summed E-state index contributed by atoms with van der Waals surface area (Å²) < 4.78 is 40.5. The highest BCUT2D eigenvalue weighted by Gasteiger charge is 2.30. The Kier molecular flexibility index (Phi) is 9.63. The summed E-state index contributed by atoms with van der Waals surface area (Å²) in [6.07, 6.45) is -0.524. The van der Waals surface area contributed by atoms with Gasteiger partial charge in [0.25, 0.3) is 0 Å². The van der Waals surface area contributed by atoms with E-state index in [1.807, 2.05) is 36.4 Å². The number of alkyl halides is 3. The number of hydrogen-bond donors (Lipinski definition) is 1. The van der Waals surface area contributed by atoms with E-state index in [0.717, 1.165) is 24.9 Å². The van der Waals surface area contributed by atoms with Crippen LogP contribution in [0, 0.1) is 0 Å². The summed E-state index contributed by atoms with van der Waals surface area (Å²) in [7, 11) is 0. The van der Waals surface area contributed by atoms with Crippen molar-refractivity contribution in [2.75, 3.05) is 6.54 Å². The van der Waals surface area contributed by atoms with Crippen LogP contribution in [0.2, 0.25) is 0 Å². The van der Waals surface area contributed by atoms with Gasteiger partial charge in [-0.15, -0.1) is 25.6 Å². The molecule has 3 aromatic carbocycles. The summed E-state index contributed by atoms with van der Waals surface area (Å²) in [4.78, 5) is 0. The molecule has 0 radical (unpaired) electrons. The molecule has 0 aromatic heterocycles. The SMILES string of the molecule is Cl.FC(F)(F)Oc1ccc(CNCCCC=C(c2ccccc2)c2ccccc2)cc1. The number of hydrogen-bond acceptors (Lipinski definition) is 2. The zero-order chi connectivity index (χ0) is 21.2. The average Bonchev–Trinajstić information content (AvgIpc) is 2.74. The van der Waals surface area contributed by atoms with Crippen molar-refractivity contribution in [1.82, 2.24) is 5.32 Å². The number of benzene rings is 3. The third kappa shape index (κ3) is 8.48. The summed E-state index contributed by atoms with van der Waals surface area (Å²) in [5, 5.41) is 3.33. The van der Waals surface area contributed by atoms with Crippen molar-refractivity contribution in [1.29, 1.82) is 0 Å². The molecule has 3 aromatic rings. The third-order valence-electron chi connectivity index (χ3n) is 4.56. The Hall–Kier alpha value is -2.76. The fourth-order valence-electron chi connectivity index (χ4n) is 3.15. The van der Waals surface area contributed by atoms with E-state index >= 15 is 0 Å². The highest BCUT2D eigenvalue weighted by molar-refractivity contribution is 5.85. The van der Waals surface area contributed by atoms with Crippen molar-refractivity contribution in [2.24, 2.45) is 0 Å². The van der Waals surface area contributed by atoms with Crippen molar-refractivity contribution < 1.29 is 17.9 Å². The molecule has 0 aliphatic heterocycles. The van der Waals surface area contributed by atoms with E-state index in [1.54, 1.807) is 12.1 Å². The Morgan fingerprint density at radius 2 is 1.35 bits per heavy atom. The summed E-state index contributed by atoms with van der Waals surface area (Å²) in [5.41, 5.74) is 4.52. The van der Waals surface area contributed by atoms with Crippen molar-refractivity contribution >= 4 is 18.0 Å². The molecule has 6 heteroatoms.